The summed E-state index contributed by atoms with van der Waals surface area (Å²) in [4.78, 5) is 0.0191. The molecule has 1 aromatic heterocycles. The highest BCUT2D eigenvalue weighted by Crippen LogP contribution is 2.34. The normalized spacial score (nSPS) is 13.3. The number of rotatable bonds is 4. The lowest BCUT2D eigenvalue weighted by atomic mass is 10.0. The third-order valence-corrected chi connectivity index (χ3v) is 4.62. The van der Waals surface area contributed by atoms with E-state index in [0.717, 1.165) is 12.1 Å². The highest BCUT2D eigenvalue weighted by molar-refractivity contribution is 7.89. The van der Waals surface area contributed by atoms with E-state index in [1.165, 1.54) is 26.0 Å². The first-order valence-corrected chi connectivity index (χ1v) is 7.77. The SMILES string of the molecule is CC(C)(NS(=O)(=O)c1ccccc1)c1ccc(C(F)(F)F)o1. The molecular formula is C14H14F3NO3S. The summed E-state index contributed by atoms with van der Waals surface area (Å²) < 4.78 is 69.3. The van der Waals surface area contributed by atoms with Crippen molar-refractivity contribution in [2.24, 2.45) is 0 Å². The Morgan fingerprint density at radius 1 is 0.955 bits per heavy atom. The maximum atomic E-state index is 12.6. The van der Waals surface area contributed by atoms with Crippen LogP contribution in [0.2, 0.25) is 0 Å². The van der Waals surface area contributed by atoms with E-state index >= 15 is 0 Å². The Morgan fingerprint density at radius 2 is 1.50 bits per heavy atom. The monoisotopic (exact) mass is 333 g/mol. The van der Waals surface area contributed by atoms with Crippen molar-refractivity contribution in [3.63, 3.8) is 0 Å². The second kappa shape index (κ2) is 5.44. The molecule has 0 atom stereocenters. The topological polar surface area (TPSA) is 59.3 Å². The standard InChI is InChI=1S/C14H14F3NO3S/c1-13(2,11-8-9-12(21-11)14(15,16)17)18-22(19,20)10-6-4-3-5-7-10/h3-9,18H,1-2H3. The highest BCUT2D eigenvalue weighted by atomic mass is 32.2. The van der Waals surface area contributed by atoms with E-state index in [-0.39, 0.29) is 10.7 Å². The van der Waals surface area contributed by atoms with Gasteiger partial charge in [0.1, 0.15) is 5.76 Å². The van der Waals surface area contributed by atoms with Crippen molar-refractivity contribution in [1.29, 1.82) is 0 Å². The number of sulfonamides is 1. The van der Waals surface area contributed by atoms with Crippen LogP contribution in [0.4, 0.5) is 13.2 Å². The first kappa shape index (κ1) is 16.6. The molecule has 120 valence electrons. The Hall–Kier alpha value is -1.80. The maximum Gasteiger partial charge on any atom is 0.449 e. The van der Waals surface area contributed by atoms with E-state index in [1.807, 2.05) is 0 Å². The number of furan rings is 1. The second-order valence-electron chi connectivity index (χ2n) is 5.21. The van der Waals surface area contributed by atoms with E-state index in [0.29, 0.717) is 0 Å². The Labute approximate surface area is 126 Å². The number of halogens is 3. The molecule has 1 heterocycles. The third-order valence-electron chi connectivity index (χ3n) is 2.94. The fraction of sp³-hybridized carbons (Fsp3) is 0.286. The summed E-state index contributed by atoms with van der Waals surface area (Å²) in [5.74, 6) is -1.30. The molecule has 0 aliphatic carbocycles. The van der Waals surface area contributed by atoms with E-state index in [4.69, 9.17) is 4.42 Å². The zero-order valence-electron chi connectivity index (χ0n) is 11.8. The molecule has 2 rings (SSSR count). The molecule has 0 saturated heterocycles. The second-order valence-corrected chi connectivity index (χ2v) is 6.89. The van der Waals surface area contributed by atoms with Crippen LogP contribution >= 0.6 is 0 Å². The molecule has 1 aromatic carbocycles. The van der Waals surface area contributed by atoms with Gasteiger partial charge in [0.25, 0.3) is 0 Å². The van der Waals surface area contributed by atoms with Crippen LogP contribution < -0.4 is 4.72 Å². The zero-order valence-corrected chi connectivity index (χ0v) is 12.6. The van der Waals surface area contributed by atoms with E-state index < -0.39 is 27.5 Å². The maximum absolute atomic E-state index is 12.6. The van der Waals surface area contributed by atoms with Crippen LogP contribution in [0.1, 0.15) is 25.4 Å². The number of hydrogen-bond acceptors (Lipinski definition) is 3. The Balaban J connectivity index is 2.30. The van der Waals surface area contributed by atoms with Crippen molar-refractivity contribution in [2.45, 2.75) is 30.5 Å². The summed E-state index contributed by atoms with van der Waals surface area (Å²) in [6, 6.07) is 9.42. The number of benzene rings is 1. The first-order valence-electron chi connectivity index (χ1n) is 6.29. The van der Waals surface area contributed by atoms with Crippen molar-refractivity contribution in [2.75, 3.05) is 0 Å². The lowest BCUT2D eigenvalue weighted by molar-refractivity contribution is -0.153. The van der Waals surface area contributed by atoms with Gasteiger partial charge in [-0.1, -0.05) is 18.2 Å². The molecule has 0 spiro atoms. The van der Waals surface area contributed by atoms with Crippen LogP contribution in [0, 0.1) is 0 Å². The van der Waals surface area contributed by atoms with Gasteiger partial charge >= 0.3 is 6.18 Å². The fourth-order valence-corrected chi connectivity index (χ4v) is 3.28. The Morgan fingerprint density at radius 3 is 2.00 bits per heavy atom. The highest BCUT2D eigenvalue weighted by Gasteiger charge is 2.38. The number of alkyl halides is 3. The number of nitrogens with one attached hydrogen (secondary N) is 1. The van der Waals surface area contributed by atoms with E-state index in [9.17, 15) is 21.6 Å². The van der Waals surface area contributed by atoms with Crippen LogP contribution in [0.5, 0.6) is 0 Å². The van der Waals surface area contributed by atoms with Crippen LogP contribution in [0.25, 0.3) is 0 Å². The van der Waals surface area contributed by atoms with Crippen molar-refractivity contribution < 1.29 is 26.0 Å². The molecule has 2 aromatic rings. The molecular weight excluding hydrogens is 319 g/mol. The Bertz CT molecular complexity index is 749. The van der Waals surface area contributed by atoms with Gasteiger partial charge in [-0.25, -0.2) is 8.42 Å². The molecule has 22 heavy (non-hydrogen) atoms. The van der Waals surface area contributed by atoms with Gasteiger partial charge in [0.15, 0.2) is 0 Å². The van der Waals surface area contributed by atoms with Crippen LogP contribution in [-0.2, 0) is 21.7 Å². The quantitative estimate of drug-likeness (QED) is 0.931. The van der Waals surface area contributed by atoms with Crippen molar-refractivity contribution in [3.05, 3.63) is 54.0 Å². The van der Waals surface area contributed by atoms with Crippen LogP contribution in [0.15, 0.2) is 51.8 Å². The molecule has 0 amide bonds. The molecule has 0 aliphatic rings. The van der Waals surface area contributed by atoms with Crippen LogP contribution in [-0.4, -0.2) is 8.42 Å². The predicted molar refractivity (Wildman–Crippen MR) is 73.5 cm³/mol. The minimum atomic E-state index is -4.62. The molecule has 4 nitrogen and oxygen atoms in total. The zero-order chi connectivity index (χ0) is 16.6. The third kappa shape index (κ3) is 3.50. The van der Waals surface area contributed by atoms with Gasteiger partial charge in [0, 0.05) is 0 Å². The summed E-state index contributed by atoms with van der Waals surface area (Å²) in [6.45, 7) is 2.85. The Kier molecular flexibility index (Phi) is 4.09. The molecule has 8 heteroatoms. The summed E-state index contributed by atoms with van der Waals surface area (Å²) >= 11 is 0. The fourth-order valence-electron chi connectivity index (χ4n) is 1.87. The van der Waals surface area contributed by atoms with Crippen molar-refractivity contribution >= 4 is 10.0 Å². The molecule has 0 bridgehead atoms. The lowest BCUT2D eigenvalue weighted by Gasteiger charge is -2.23. The smallest absolute Gasteiger partial charge is 0.449 e. The van der Waals surface area contributed by atoms with Crippen molar-refractivity contribution in [1.82, 2.24) is 4.72 Å². The van der Waals surface area contributed by atoms with Gasteiger partial charge in [-0.05, 0) is 38.1 Å². The average Bonchev–Trinajstić information content (AvgIpc) is 2.89. The number of hydrogen-bond donors (Lipinski definition) is 1. The molecule has 0 fully saturated rings. The molecule has 0 unspecified atom stereocenters. The average molecular weight is 333 g/mol. The molecule has 1 N–H and O–H groups in total. The minimum Gasteiger partial charge on any atom is -0.455 e. The largest absolute Gasteiger partial charge is 0.455 e. The van der Waals surface area contributed by atoms with Crippen molar-refractivity contribution in [3.8, 4) is 0 Å². The lowest BCUT2D eigenvalue weighted by Crippen LogP contribution is -2.40. The molecule has 0 saturated carbocycles. The van der Waals surface area contributed by atoms with E-state index in [1.54, 1.807) is 18.2 Å². The van der Waals surface area contributed by atoms with Gasteiger partial charge in [-0.15, -0.1) is 0 Å². The summed E-state index contributed by atoms with van der Waals surface area (Å²) in [6.07, 6.45) is -4.62. The van der Waals surface area contributed by atoms with Gasteiger partial charge < -0.3 is 4.42 Å². The van der Waals surface area contributed by atoms with Gasteiger partial charge in [0.05, 0.1) is 10.4 Å². The minimum absolute atomic E-state index is 0.0191. The molecule has 0 radical (unpaired) electrons. The van der Waals surface area contributed by atoms with Crippen LogP contribution in [0.3, 0.4) is 0 Å². The summed E-state index contributed by atoms with van der Waals surface area (Å²) in [5.41, 5.74) is -1.34. The van der Waals surface area contributed by atoms with E-state index in [2.05, 4.69) is 4.72 Å². The molecule has 0 aliphatic heterocycles. The first-order chi connectivity index (χ1) is 10.0. The van der Waals surface area contributed by atoms with Gasteiger partial charge in [-0.3, -0.25) is 0 Å². The summed E-state index contributed by atoms with van der Waals surface area (Å²) in [5, 5.41) is 0. The van der Waals surface area contributed by atoms with Gasteiger partial charge in [0.2, 0.25) is 15.8 Å². The predicted octanol–water partition coefficient (Wildman–Crippen LogP) is 3.51. The van der Waals surface area contributed by atoms with Gasteiger partial charge in [-0.2, -0.15) is 17.9 Å². The summed E-state index contributed by atoms with van der Waals surface area (Å²) in [7, 11) is -3.88.